The SMILES string of the molecule is CS/C(=C/c1cc(C)cc2c1CC1CC=CC21)S(C)=O. The monoisotopic (exact) mass is 304 g/mol. The average molecular weight is 304 g/mol. The molecule has 2 aliphatic rings. The summed E-state index contributed by atoms with van der Waals surface area (Å²) in [4.78, 5) is 0. The quantitative estimate of drug-likeness (QED) is 0.777. The van der Waals surface area contributed by atoms with Gasteiger partial charge in [0.1, 0.15) is 0 Å². The first-order chi connectivity index (χ1) is 9.60. The van der Waals surface area contributed by atoms with Crippen LogP contribution >= 0.6 is 11.8 Å². The number of hydrogen-bond acceptors (Lipinski definition) is 2. The molecule has 0 spiro atoms. The number of allylic oxidation sites excluding steroid dienone is 2. The van der Waals surface area contributed by atoms with E-state index in [0.717, 1.165) is 16.6 Å². The molecule has 1 aromatic carbocycles. The highest BCUT2D eigenvalue weighted by Gasteiger charge is 2.34. The molecular formula is C17H20OS2. The smallest absolute Gasteiger partial charge is 0.0716 e. The Morgan fingerprint density at radius 1 is 1.45 bits per heavy atom. The third kappa shape index (κ3) is 2.42. The maximum atomic E-state index is 11.8. The summed E-state index contributed by atoms with van der Waals surface area (Å²) in [6, 6.07) is 4.58. The highest BCUT2D eigenvalue weighted by atomic mass is 32.2. The number of thioether (sulfide) groups is 1. The predicted molar refractivity (Wildman–Crippen MR) is 90.4 cm³/mol. The summed E-state index contributed by atoms with van der Waals surface area (Å²) < 4.78 is 12.7. The molecule has 0 N–H and O–H groups in total. The van der Waals surface area contributed by atoms with Crippen LogP contribution in [0.1, 0.15) is 34.6 Å². The van der Waals surface area contributed by atoms with Gasteiger partial charge < -0.3 is 0 Å². The summed E-state index contributed by atoms with van der Waals surface area (Å²) in [5, 5.41) is 0. The molecule has 0 saturated carbocycles. The Labute approximate surface area is 128 Å². The number of rotatable bonds is 3. The number of fused-ring (bicyclic) bond motifs is 3. The summed E-state index contributed by atoms with van der Waals surface area (Å²) in [5.41, 5.74) is 5.56. The number of aryl methyl sites for hydroxylation is 1. The van der Waals surface area contributed by atoms with Crippen molar-refractivity contribution in [2.24, 2.45) is 5.92 Å². The van der Waals surface area contributed by atoms with E-state index < -0.39 is 10.8 Å². The lowest BCUT2D eigenvalue weighted by Crippen LogP contribution is -1.98. The molecule has 0 aliphatic heterocycles. The molecule has 0 bridgehead atoms. The van der Waals surface area contributed by atoms with Crippen molar-refractivity contribution in [1.29, 1.82) is 0 Å². The van der Waals surface area contributed by atoms with Crippen LogP contribution in [0.15, 0.2) is 28.5 Å². The van der Waals surface area contributed by atoms with Crippen LogP contribution in [0.5, 0.6) is 0 Å². The Balaban J connectivity index is 2.10. The molecule has 3 atom stereocenters. The van der Waals surface area contributed by atoms with Crippen LogP contribution in [0.4, 0.5) is 0 Å². The van der Waals surface area contributed by atoms with Gasteiger partial charge in [0, 0.05) is 12.2 Å². The Hall–Kier alpha value is -0.800. The molecule has 3 rings (SSSR count). The van der Waals surface area contributed by atoms with E-state index in [1.807, 2.05) is 6.26 Å². The van der Waals surface area contributed by atoms with Crippen molar-refractivity contribution in [2.75, 3.05) is 12.5 Å². The van der Waals surface area contributed by atoms with Gasteiger partial charge in [-0.05, 0) is 54.7 Å². The van der Waals surface area contributed by atoms with Gasteiger partial charge >= 0.3 is 0 Å². The van der Waals surface area contributed by atoms with Gasteiger partial charge in [-0.15, -0.1) is 11.8 Å². The second-order valence-electron chi connectivity index (χ2n) is 5.70. The third-order valence-electron chi connectivity index (χ3n) is 4.34. The van der Waals surface area contributed by atoms with Crippen molar-refractivity contribution in [3.63, 3.8) is 0 Å². The fourth-order valence-corrected chi connectivity index (χ4v) is 4.93. The highest BCUT2D eigenvalue weighted by Crippen LogP contribution is 2.46. The van der Waals surface area contributed by atoms with E-state index in [4.69, 9.17) is 0 Å². The molecule has 3 unspecified atom stereocenters. The lowest BCUT2D eigenvalue weighted by molar-refractivity contribution is 0.553. The molecule has 0 fully saturated rings. The van der Waals surface area contributed by atoms with E-state index in [0.29, 0.717) is 5.92 Å². The van der Waals surface area contributed by atoms with Crippen molar-refractivity contribution < 1.29 is 4.21 Å². The Morgan fingerprint density at radius 3 is 2.95 bits per heavy atom. The molecule has 3 heteroatoms. The van der Waals surface area contributed by atoms with E-state index in [2.05, 4.69) is 37.3 Å². The van der Waals surface area contributed by atoms with Crippen LogP contribution < -0.4 is 0 Å². The van der Waals surface area contributed by atoms with E-state index in [-0.39, 0.29) is 0 Å². The van der Waals surface area contributed by atoms with Crippen LogP contribution in [-0.2, 0) is 17.2 Å². The summed E-state index contributed by atoms with van der Waals surface area (Å²) in [6.07, 6.45) is 13.0. The summed E-state index contributed by atoms with van der Waals surface area (Å²) in [7, 11) is -0.902. The lowest BCUT2D eigenvalue weighted by atomic mass is 9.95. The first-order valence-electron chi connectivity index (χ1n) is 6.99. The zero-order valence-corrected chi connectivity index (χ0v) is 13.8. The fourth-order valence-electron chi connectivity index (χ4n) is 3.46. The van der Waals surface area contributed by atoms with Gasteiger partial charge in [0.2, 0.25) is 0 Å². The molecule has 1 aromatic rings. The van der Waals surface area contributed by atoms with Crippen LogP contribution in [0.2, 0.25) is 0 Å². The molecule has 0 radical (unpaired) electrons. The molecule has 0 saturated heterocycles. The summed E-state index contributed by atoms with van der Waals surface area (Å²) >= 11 is 1.59. The highest BCUT2D eigenvalue weighted by molar-refractivity contribution is 8.16. The van der Waals surface area contributed by atoms with Crippen molar-refractivity contribution in [3.05, 3.63) is 50.8 Å². The first kappa shape index (κ1) is 14.2. The van der Waals surface area contributed by atoms with Gasteiger partial charge in [-0.2, -0.15) is 0 Å². The first-order valence-corrected chi connectivity index (χ1v) is 9.77. The molecule has 106 valence electrons. The maximum absolute atomic E-state index is 11.8. The summed E-state index contributed by atoms with van der Waals surface area (Å²) in [5.74, 6) is 1.37. The minimum atomic E-state index is -0.902. The fraction of sp³-hybridized carbons (Fsp3) is 0.412. The molecular weight excluding hydrogens is 284 g/mol. The molecule has 0 heterocycles. The predicted octanol–water partition coefficient (Wildman–Crippen LogP) is 4.25. The maximum Gasteiger partial charge on any atom is 0.0716 e. The molecule has 20 heavy (non-hydrogen) atoms. The Kier molecular flexibility index (Phi) is 3.91. The van der Waals surface area contributed by atoms with E-state index in [1.165, 1.54) is 28.7 Å². The van der Waals surface area contributed by atoms with E-state index >= 15 is 0 Å². The standard InChI is InChI=1S/C17H20OS2/c1-11-7-13(10-17(19-2)20(3)18)15-9-12-5-4-6-14(12)16(15)8-11/h4,6-8,10,12,14H,5,9H2,1-3H3/b17-10-. The number of benzene rings is 1. The second-order valence-corrected chi connectivity index (χ2v) is 8.15. The second kappa shape index (κ2) is 5.53. The molecule has 0 aromatic heterocycles. The summed E-state index contributed by atoms with van der Waals surface area (Å²) in [6.45, 7) is 2.16. The Bertz CT molecular complexity index is 628. The zero-order valence-electron chi connectivity index (χ0n) is 12.2. The van der Waals surface area contributed by atoms with Crippen LogP contribution in [-0.4, -0.2) is 16.7 Å². The van der Waals surface area contributed by atoms with Crippen molar-refractivity contribution in [3.8, 4) is 0 Å². The minimum absolute atomic E-state index is 0.613. The third-order valence-corrected chi connectivity index (χ3v) is 6.75. The van der Waals surface area contributed by atoms with Crippen LogP contribution in [0, 0.1) is 12.8 Å². The minimum Gasteiger partial charge on any atom is -0.254 e. The van der Waals surface area contributed by atoms with Gasteiger partial charge in [0.15, 0.2) is 0 Å². The normalized spacial score (nSPS) is 25.6. The zero-order chi connectivity index (χ0) is 14.3. The largest absolute Gasteiger partial charge is 0.254 e. The Morgan fingerprint density at radius 2 is 2.25 bits per heavy atom. The van der Waals surface area contributed by atoms with Gasteiger partial charge in [-0.3, -0.25) is 4.21 Å². The number of hydrogen-bond donors (Lipinski definition) is 0. The lowest BCUT2D eigenvalue weighted by Gasteiger charge is -2.11. The topological polar surface area (TPSA) is 17.1 Å². The van der Waals surface area contributed by atoms with Crippen molar-refractivity contribution in [2.45, 2.75) is 25.7 Å². The van der Waals surface area contributed by atoms with Gasteiger partial charge in [0.25, 0.3) is 0 Å². The van der Waals surface area contributed by atoms with Crippen molar-refractivity contribution >= 4 is 28.6 Å². The van der Waals surface area contributed by atoms with Gasteiger partial charge in [-0.1, -0.05) is 29.8 Å². The van der Waals surface area contributed by atoms with Gasteiger partial charge in [-0.25, -0.2) is 0 Å². The molecule has 2 aliphatic carbocycles. The molecule has 0 amide bonds. The van der Waals surface area contributed by atoms with Crippen molar-refractivity contribution in [1.82, 2.24) is 0 Å². The molecule has 1 nitrogen and oxygen atoms in total. The van der Waals surface area contributed by atoms with E-state index in [9.17, 15) is 4.21 Å². The van der Waals surface area contributed by atoms with E-state index in [1.54, 1.807) is 18.0 Å². The van der Waals surface area contributed by atoms with Crippen LogP contribution in [0.25, 0.3) is 6.08 Å². The average Bonchev–Trinajstić information content (AvgIpc) is 2.96. The van der Waals surface area contributed by atoms with Gasteiger partial charge in [0.05, 0.1) is 15.0 Å². The van der Waals surface area contributed by atoms with Crippen LogP contribution in [0.3, 0.4) is 0 Å².